The molecule has 0 bridgehead atoms. The SMILES string of the molecule is O=C(NNC(=O)c1ccn(-c2ccc(F)cc2)n1)c1ccc(F)cc1. The molecular weight excluding hydrogens is 330 g/mol. The zero-order valence-electron chi connectivity index (χ0n) is 12.7. The van der Waals surface area contributed by atoms with Crippen molar-refractivity contribution in [2.45, 2.75) is 0 Å². The van der Waals surface area contributed by atoms with Crippen molar-refractivity contribution in [3.05, 3.63) is 83.7 Å². The second-order valence-electron chi connectivity index (χ2n) is 5.04. The largest absolute Gasteiger partial charge is 0.290 e. The van der Waals surface area contributed by atoms with Crippen LogP contribution in [0.1, 0.15) is 20.8 Å². The Morgan fingerprint density at radius 3 is 2.00 bits per heavy atom. The Hall–Kier alpha value is -3.55. The minimum Gasteiger partial charge on any atom is -0.267 e. The molecule has 8 heteroatoms. The molecule has 1 heterocycles. The quantitative estimate of drug-likeness (QED) is 0.717. The Bertz CT molecular complexity index is 905. The van der Waals surface area contributed by atoms with Gasteiger partial charge in [0.05, 0.1) is 5.69 Å². The highest BCUT2D eigenvalue weighted by Gasteiger charge is 2.12. The van der Waals surface area contributed by atoms with Crippen LogP contribution in [0, 0.1) is 11.6 Å². The van der Waals surface area contributed by atoms with E-state index >= 15 is 0 Å². The number of carbonyl (C=O) groups is 2. The van der Waals surface area contributed by atoms with Gasteiger partial charge in [-0.25, -0.2) is 13.5 Å². The number of halogens is 2. The number of aromatic nitrogens is 2. The Labute approximate surface area is 141 Å². The fraction of sp³-hybridized carbons (Fsp3) is 0. The van der Waals surface area contributed by atoms with Crippen LogP contribution in [0.5, 0.6) is 0 Å². The molecule has 2 aromatic carbocycles. The van der Waals surface area contributed by atoms with Gasteiger partial charge in [0.2, 0.25) is 0 Å². The van der Waals surface area contributed by atoms with Gasteiger partial charge in [0.15, 0.2) is 5.69 Å². The molecule has 1 aromatic heterocycles. The Balaban J connectivity index is 1.63. The van der Waals surface area contributed by atoms with Gasteiger partial charge in [-0.1, -0.05) is 0 Å². The van der Waals surface area contributed by atoms with Crippen molar-refractivity contribution in [3.8, 4) is 5.69 Å². The first kappa shape index (κ1) is 16.3. The zero-order chi connectivity index (χ0) is 17.8. The molecule has 2 amide bonds. The summed E-state index contributed by atoms with van der Waals surface area (Å²) in [6.45, 7) is 0. The first-order valence-corrected chi connectivity index (χ1v) is 7.21. The second-order valence-corrected chi connectivity index (χ2v) is 5.04. The van der Waals surface area contributed by atoms with Crippen molar-refractivity contribution < 1.29 is 18.4 Å². The van der Waals surface area contributed by atoms with Crippen LogP contribution in [0.15, 0.2) is 60.8 Å². The van der Waals surface area contributed by atoms with Crippen molar-refractivity contribution in [3.63, 3.8) is 0 Å². The van der Waals surface area contributed by atoms with Gasteiger partial charge >= 0.3 is 0 Å². The van der Waals surface area contributed by atoms with Crippen molar-refractivity contribution in [1.82, 2.24) is 20.6 Å². The third kappa shape index (κ3) is 3.86. The summed E-state index contributed by atoms with van der Waals surface area (Å²) in [5.41, 5.74) is 5.26. The van der Waals surface area contributed by atoms with Gasteiger partial charge in [-0.05, 0) is 54.6 Å². The van der Waals surface area contributed by atoms with Crippen LogP contribution in [0.2, 0.25) is 0 Å². The number of amides is 2. The van der Waals surface area contributed by atoms with E-state index < -0.39 is 17.6 Å². The summed E-state index contributed by atoms with van der Waals surface area (Å²) in [5.74, 6) is -2.06. The Morgan fingerprint density at radius 2 is 1.36 bits per heavy atom. The molecule has 25 heavy (non-hydrogen) atoms. The fourth-order valence-corrected chi connectivity index (χ4v) is 2.03. The maximum absolute atomic E-state index is 12.9. The third-order valence-electron chi connectivity index (χ3n) is 3.31. The van der Waals surface area contributed by atoms with E-state index in [1.165, 1.54) is 53.3 Å². The Morgan fingerprint density at radius 1 is 0.800 bits per heavy atom. The summed E-state index contributed by atoms with van der Waals surface area (Å²) in [6, 6.07) is 11.9. The topological polar surface area (TPSA) is 76.0 Å². The second kappa shape index (κ2) is 6.91. The average molecular weight is 342 g/mol. The lowest BCUT2D eigenvalue weighted by atomic mass is 10.2. The number of rotatable bonds is 3. The fourth-order valence-electron chi connectivity index (χ4n) is 2.03. The number of hydrogen-bond acceptors (Lipinski definition) is 3. The van der Waals surface area contributed by atoms with E-state index in [1.54, 1.807) is 0 Å². The van der Waals surface area contributed by atoms with E-state index in [1.807, 2.05) is 0 Å². The molecule has 0 radical (unpaired) electrons. The van der Waals surface area contributed by atoms with Gasteiger partial charge < -0.3 is 0 Å². The lowest BCUT2D eigenvalue weighted by Gasteiger charge is -2.06. The Kier molecular flexibility index (Phi) is 4.51. The lowest BCUT2D eigenvalue weighted by molar-refractivity contribution is 0.0843. The first-order chi connectivity index (χ1) is 12.0. The molecule has 2 N–H and O–H groups in total. The maximum atomic E-state index is 12.9. The zero-order valence-corrected chi connectivity index (χ0v) is 12.7. The van der Waals surface area contributed by atoms with Gasteiger partial charge in [-0.3, -0.25) is 20.4 Å². The van der Waals surface area contributed by atoms with Crippen LogP contribution < -0.4 is 10.9 Å². The van der Waals surface area contributed by atoms with Crippen molar-refractivity contribution >= 4 is 11.8 Å². The molecule has 0 aliphatic carbocycles. The molecule has 3 aromatic rings. The van der Waals surface area contributed by atoms with Gasteiger partial charge in [0.1, 0.15) is 11.6 Å². The monoisotopic (exact) mass is 342 g/mol. The smallest absolute Gasteiger partial charge is 0.267 e. The summed E-state index contributed by atoms with van der Waals surface area (Å²) < 4.78 is 27.1. The molecule has 0 fully saturated rings. The van der Waals surface area contributed by atoms with E-state index in [-0.39, 0.29) is 17.1 Å². The van der Waals surface area contributed by atoms with Crippen LogP contribution in [0.25, 0.3) is 5.69 Å². The van der Waals surface area contributed by atoms with Crippen molar-refractivity contribution in [1.29, 1.82) is 0 Å². The molecule has 0 spiro atoms. The molecule has 3 rings (SSSR count). The highest BCUT2D eigenvalue weighted by atomic mass is 19.1. The van der Waals surface area contributed by atoms with E-state index in [0.717, 1.165) is 12.1 Å². The lowest BCUT2D eigenvalue weighted by Crippen LogP contribution is -2.41. The molecule has 0 saturated heterocycles. The minimum absolute atomic E-state index is 0.0590. The van der Waals surface area contributed by atoms with Gasteiger partial charge in [0.25, 0.3) is 11.8 Å². The molecule has 6 nitrogen and oxygen atoms in total. The number of benzene rings is 2. The number of nitrogens with zero attached hydrogens (tertiary/aromatic N) is 2. The summed E-state index contributed by atoms with van der Waals surface area (Å²) in [7, 11) is 0. The maximum Gasteiger partial charge on any atom is 0.290 e. The molecule has 0 saturated carbocycles. The number of carbonyl (C=O) groups excluding carboxylic acids is 2. The van der Waals surface area contributed by atoms with E-state index in [9.17, 15) is 18.4 Å². The van der Waals surface area contributed by atoms with Crippen molar-refractivity contribution in [2.75, 3.05) is 0 Å². The minimum atomic E-state index is -0.628. The predicted molar refractivity (Wildman–Crippen MR) is 84.9 cm³/mol. The van der Waals surface area contributed by atoms with E-state index in [0.29, 0.717) is 5.69 Å². The third-order valence-corrected chi connectivity index (χ3v) is 3.31. The van der Waals surface area contributed by atoms with Crippen molar-refractivity contribution in [2.24, 2.45) is 0 Å². The molecule has 0 atom stereocenters. The van der Waals surface area contributed by atoms with Crippen LogP contribution in [-0.4, -0.2) is 21.6 Å². The molecule has 126 valence electrons. The molecular formula is C17H12F2N4O2. The van der Waals surface area contributed by atoms with Crippen LogP contribution in [-0.2, 0) is 0 Å². The van der Waals surface area contributed by atoms with Gasteiger partial charge in [-0.2, -0.15) is 5.10 Å². The summed E-state index contributed by atoms with van der Waals surface area (Å²) in [6.07, 6.45) is 1.53. The number of nitrogens with one attached hydrogen (secondary N) is 2. The molecule has 0 aliphatic heterocycles. The summed E-state index contributed by atoms with van der Waals surface area (Å²) in [5, 5.41) is 4.05. The standard InChI is InChI=1S/C17H12F2N4O2/c18-12-3-1-11(2-4-12)16(24)20-21-17(25)15-9-10-23(22-15)14-7-5-13(19)6-8-14/h1-10H,(H,20,24)(H,21,25). The highest BCUT2D eigenvalue weighted by molar-refractivity contribution is 5.98. The number of hydrogen-bond donors (Lipinski definition) is 2. The van der Waals surface area contributed by atoms with Crippen LogP contribution in [0.4, 0.5) is 8.78 Å². The summed E-state index contributed by atoms with van der Waals surface area (Å²) >= 11 is 0. The number of hydrazine groups is 1. The normalized spacial score (nSPS) is 10.3. The van der Waals surface area contributed by atoms with E-state index in [2.05, 4.69) is 16.0 Å². The van der Waals surface area contributed by atoms with Gasteiger partial charge in [-0.15, -0.1) is 0 Å². The molecule has 0 aliphatic rings. The van der Waals surface area contributed by atoms with Crippen LogP contribution >= 0.6 is 0 Å². The van der Waals surface area contributed by atoms with Crippen LogP contribution in [0.3, 0.4) is 0 Å². The highest BCUT2D eigenvalue weighted by Crippen LogP contribution is 2.09. The van der Waals surface area contributed by atoms with E-state index in [4.69, 9.17) is 0 Å². The summed E-state index contributed by atoms with van der Waals surface area (Å²) in [4.78, 5) is 23.9. The average Bonchev–Trinajstić information content (AvgIpc) is 3.11. The predicted octanol–water partition coefficient (Wildman–Crippen LogP) is 2.23. The first-order valence-electron chi connectivity index (χ1n) is 7.21. The van der Waals surface area contributed by atoms with Gasteiger partial charge in [0, 0.05) is 11.8 Å². The molecule has 0 unspecified atom stereocenters.